The summed E-state index contributed by atoms with van der Waals surface area (Å²) < 4.78 is 2.20. The first-order valence-corrected chi connectivity index (χ1v) is 6.03. The molecule has 0 amide bonds. The number of rotatable bonds is 4. The van der Waals surface area contributed by atoms with Gasteiger partial charge in [-0.2, -0.15) is 0 Å². The number of hydrogen-bond acceptors (Lipinski definition) is 3. The third-order valence-electron chi connectivity index (χ3n) is 3.02. The zero-order chi connectivity index (χ0) is 10.5. The molecule has 1 fully saturated rings. The number of hydrogen-bond donors (Lipinski definition) is 1. The van der Waals surface area contributed by atoms with Crippen molar-refractivity contribution in [1.29, 1.82) is 0 Å². The topological polar surface area (TPSA) is 42.7 Å². The summed E-state index contributed by atoms with van der Waals surface area (Å²) >= 11 is 0. The molecule has 1 aromatic heterocycles. The van der Waals surface area contributed by atoms with Crippen molar-refractivity contribution in [1.82, 2.24) is 20.1 Å². The molecule has 0 spiro atoms. The van der Waals surface area contributed by atoms with Crippen molar-refractivity contribution >= 4 is 0 Å². The Balaban J connectivity index is 2.02. The van der Waals surface area contributed by atoms with Crippen molar-refractivity contribution in [3.05, 3.63) is 12.2 Å². The molecule has 2 heterocycles. The first-order chi connectivity index (χ1) is 7.42. The van der Waals surface area contributed by atoms with Crippen LogP contribution in [0.15, 0.2) is 6.33 Å². The molecule has 0 saturated carbocycles. The second-order valence-electron chi connectivity index (χ2n) is 4.24. The van der Waals surface area contributed by atoms with Gasteiger partial charge in [-0.3, -0.25) is 0 Å². The molecule has 0 bridgehead atoms. The Morgan fingerprint density at radius 3 is 3.20 bits per heavy atom. The standard InChI is InChI=1S/C11H20N4/c1-2-3-8-15-9-13-14-11(15)10-6-4-5-7-12-10/h9-10,12H,2-8H2,1H3. The Morgan fingerprint density at radius 1 is 1.53 bits per heavy atom. The highest BCUT2D eigenvalue weighted by atomic mass is 15.3. The van der Waals surface area contributed by atoms with Gasteiger partial charge in [-0.1, -0.05) is 19.8 Å². The number of aromatic nitrogens is 3. The molecule has 1 aliphatic heterocycles. The summed E-state index contributed by atoms with van der Waals surface area (Å²) in [6.07, 6.45) is 8.08. The van der Waals surface area contributed by atoms with Gasteiger partial charge in [-0.25, -0.2) is 0 Å². The smallest absolute Gasteiger partial charge is 0.149 e. The molecule has 15 heavy (non-hydrogen) atoms. The summed E-state index contributed by atoms with van der Waals surface area (Å²) in [5.74, 6) is 1.13. The fraction of sp³-hybridized carbons (Fsp3) is 0.818. The average molecular weight is 208 g/mol. The van der Waals surface area contributed by atoms with E-state index in [4.69, 9.17) is 0 Å². The van der Waals surface area contributed by atoms with Gasteiger partial charge in [-0.05, 0) is 25.8 Å². The van der Waals surface area contributed by atoms with E-state index in [1.165, 1.54) is 32.1 Å². The SMILES string of the molecule is CCCCn1cnnc1C1CCCCN1. The van der Waals surface area contributed by atoms with Crippen LogP contribution in [0.4, 0.5) is 0 Å². The van der Waals surface area contributed by atoms with E-state index in [9.17, 15) is 0 Å². The highest BCUT2D eigenvalue weighted by Gasteiger charge is 2.19. The van der Waals surface area contributed by atoms with Gasteiger partial charge >= 0.3 is 0 Å². The number of piperidine rings is 1. The molecule has 0 aromatic carbocycles. The van der Waals surface area contributed by atoms with E-state index in [1.54, 1.807) is 0 Å². The van der Waals surface area contributed by atoms with Crippen molar-refractivity contribution in [3.8, 4) is 0 Å². The molecule has 1 aromatic rings. The Bertz CT molecular complexity index is 289. The molecule has 2 rings (SSSR count). The van der Waals surface area contributed by atoms with E-state index in [-0.39, 0.29) is 0 Å². The second kappa shape index (κ2) is 5.26. The molecular weight excluding hydrogens is 188 g/mol. The Kier molecular flexibility index (Phi) is 3.72. The first-order valence-electron chi connectivity index (χ1n) is 6.03. The Hall–Kier alpha value is -0.900. The number of aryl methyl sites for hydroxylation is 1. The predicted octanol–water partition coefficient (Wildman–Crippen LogP) is 1.89. The molecular formula is C11H20N4. The molecule has 1 atom stereocenters. The van der Waals surface area contributed by atoms with E-state index < -0.39 is 0 Å². The molecule has 4 nitrogen and oxygen atoms in total. The quantitative estimate of drug-likeness (QED) is 0.821. The van der Waals surface area contributed by atoms with Crippen LogP contribution in [0, 0.1) is 0 Å². The molecule has 4 heteroatoms. The van der Waals surface area contributed by atoms with Gasteiger partial charge in [0.25, 0.3) is 0 Å². The number of nitrogens with one attached hydrogen (secondary N) is 1. The fourth-order valence-corrected chi connectivity index (χ4v) is 2.11. The zero-order valence-electron chi connectivity index (χ0n) is 9.45. The van der Waals surface area contributed by atoms with E-state index in [0.717, 1.165) is 18.9 Å². The molecule has 1 aliphatic rings. The Morgan fingerprint density at radius 2 is 2.47 bits per heavy atom. The summed E-state index contributed by atoms with van der Waals surface area (Å²) in [7, 11) is 0. The molecule has 84 valence electrons. The molecule has 1 unspecified atom stereocenters. The average Bonchev–Trinajstić information content (AvgIpc) is 2.75. The van der Waals surface area contributed by atoms with Gasteiger partial charge in [0.05, 0.1) is 6.04 Å². The predicted molar refractivity (Wildman–Crippen MR) is 59.5 cm³/mol. The van der Waals surface area contributed by atoms with Crippen LogP contribution >= 0.6 is 0 Å². The maximum atomic E-state index is 4.24. The van der Waals surface area contributed by atoms with Crippen LogP contribution in [-0.2, 0) is 6.54 Å². The highest BCUT2D eigenvalue weighted by Crippen LogP contribution is 2.21. The van der Waals surface area contributed by atoms with Crippen LogP contribution in [0.3, 0.4) is 0 Å². The largest absolute Gasteiger partial charge is 0.316 e. The van der Waals surface area contributed by atoms with Gasteiger partial charge in [0.2, 0.25) is 0 Å². The Labute approximate surface area is 91.1 Å². The van der Waals surface area contributed by atoms with Crippen LogP contribution in [0.2, 0.25) is 0 Å². The minimum absolute atomic E-state index is 0.429. The van der Waals surface area contributed by atoms with E-state index in [0.29, 0.717) is 6.04 Å². The van der Waals surface area contributed by atoms with E-state index in [2.05, 4.69) is 27.0 Å². The van der Waals surface area contributed by atoms with Gasteiger partial charge in [0, 0.05) is 6.54 Å². The van der Waals surface area contributed by atoms with Crippen molar-refractivity contribution in [2.75, 3.05) is 6.54 Å². The van der Waals surface area contributed by atoms with Gasteiger partial charge in [0.15, 0.2) is 0 Å². The van der Waals surface area contributed by atoms with Gasteiger partial charge in [0.1, 0.15) is 12.2 Å². The zero-order valence-corrected chi connectivity index (χ0v) is 9.45. The highest BCUT2D eigenvalue weighted by molar-refractivity contribution is 4.96. The van der Waals surface area contributed by atoms with Crippen LogP contribution in [0.1, 0.15) is 50.9 Å². The van der Waals surface area contributed by atoms with Gasteiger partial charge < -0.3 is 9.88 Å². The lowest BCUT2D eigenvalue weighted by Gasteiger charge is -2.23. The maximum Gasteiger partial charge on any atom is 0.149 e. The lowest BCUT2D eigenvalue weighted by atomic mass is 10.0. The minimum Gasteiger partial charge on any atom is -0.316 e. The number of nitrogens with zero attached hydrogens (tertiary/aromatic N) is 3. The molecule has 1 saturated heterocycles. The summed E-state index contributed by atoms with van der Waals surface area (Å²) in [5.41, 5.74) is 0. The van der Waals surface area contributed by atoms with Crippen LogP contribution in [0.5, 0.6) is 0 Å². The summed E-state index contributed by atoms with van der Waals surface area (Å²) in [6.45, 7) is 4.38. The number of unbranched alkanes of at least 4 members (excludes halogenated alkanes) is 1. The van der Waals surface area contributed by atoms with Crippen molar-refractivity contribution in [3.63, 3.8) is 0 Å². The molecule has 1 N–H and O–H groups in total. The third-order valence-corrected chi connectivity index (χ3v) is 3.02. The first kappa shape index (κ1) is 10.6. The monoisotopic (exact) mass is 208 g/mol. The van der Waals surface area contributed by atoms with Crippen LogP contribution < -0.4 is 5.32 Å². The lowest BCUT2D eigenvalue weighted by molar-refractivity contribution is 0.383. The molecule has 0 radical (unpaired) electrons. The van der Waals surface area contributed by atoms with E-state index in [1.807, 2.05) is 6.33 Å². The summed E-state index contributed by atoms with van der Waals surface area (Å²) in [4.78, 5) is 0. The third kappa shape index (κ3) is 2.56. The second-order valence-corrected chi connectivity index (χ2v) is 4.24. The fourth-order valence-electron chi connectivity index (χ4n) is 2.11. The normalized spacial score (nSPS) is 21.8. The summed E-state index contributed by atoms with van der Waals surface area (Å²) in [5, 5.41) is 11.8. The summed E-state index contributed by atoms with van der Waals surface area (Å²) in [6, 6.07) is 0.429. The lowest BCUT2D eigenvalue weighted by Crippen LogP contribution is -2.29. The van der Waals surface area contributed by atoms with Crippen LogP contribution in [-0.4, -0.2) is 21.3 Å². The van der Waals surface area contributed by atoms with Crippen molar-refractivity contribution in [2.24, 2.45) is 0 Å². The minimum atomic E-state index is 0.429. The van der Waals surface area contributed by atoms with Crippen molar-refractivity contribution in [2.45, 2.75) is 51.6 Å². The van der Waals surface area contributed by atoms with Crippen LogP contribution in [0.25, 0.3) is 0 Å². The van der Waals surface area contributed by atoms with Gasteiger partial charge in [-0.15, -0.1) is 10.2 Å². The van der Waals surface area contributed by atoms with Crippen molar-refractivity contribution < 1.29 is 0 Å². The maximum absolute atomic E-state index is 4.24. The van der Waals surface area contributed by atoms with E-state index >= 15 is 0 Å². The molecule has 0 aliphatic carbocycles.